The number of aliphatic hydroxyl groups is 1. The molecule has 0 radical (unpaired) electrons. The van der Waals surface area contributed by atoms with Crippen molar-refractivity contribution in [2.24, 2.45) is 0 Å². The molecule has 0 aromatic heterocycles. The average molecular weight is 340 g/mol. The molecule has 0 bridgehead atoms. The van der Waals surface area contributed by atoms with E-state index < -0.39 is 30.2 Å². The Kier molecular flexibility index (Phi) is 6.03. The number of Topliss-reactive ketones (excluding diaryl/α,β-unsaturated/α-hetero) is 1. The molecule has 1 atom stereocenters. The molecule has 0 aliphatic carbocycles. The number of likely N-dealkylation sites (N-methyl/N-ethyl adjacent to an activating group) is 2. The SMILES string of the molecule is CNC(=O)C(C(=O)CO)N(C)C(=O)c1ccc(-c2ccccc2)cc1. The van der Waals surface area contributed by atoms with Crippen molar-refractivity contribution < 1.29 is 19.5 Å². The molecule has 2 rings (SSSR count). The van der Waals surface area contributed by atoms with Gasteiger partial charge in [-0.2, -0.15) is 0 Å². The normalized spacial score (nSPS) is 11.5. The summed E-state index contributed by atoms with van der Waals surface area (Å²) in [4.78, 5) is 37.3. The lowest BCUT2D eigenvalue weighted by Crippen LogP contribution is -2.52. The number of aliphatic hydroxyl groups excluding tert-OH is 1. The molecule has 0 aliphatic rings. The Morgan fingerprint density at radius 2 is 1.56 bits per heavy atom. The zero-order chi connectivity index (χ0) is 18.4. The summed E-state index contributed by atoms with van der Waals surface area (Å²) < 4.78 is 0. The standard InChI is InChI=1S/C19H20N2O4/c1-20-18(24)17(16(23)12-22)21(2)19(25)15-10-8-14(9-11-15)13-6-4-3-5-7-13/h3-11,17,22H,12H2,1-2H3,(H,20,24). The average Bonchev–Trinajstić information content (AvgIpc) is 2.67. The van der Waals surface area contributed by atoms with E-state index in [1.807, 2.05) is 30.3 Å². The third-order valence-electron chi connectivity index (χ3n) is 3.90. The lowest BCUT2D eigenvalue weighted by Gasteiger charge is -2.25. The Balaban J connectivity index is 2.24. The van der Waals surface area contributed by atoms with Crippen molar-refractivity contribution in [2.75, 3.05) is 20.7 Å². The van der Waals surface area contributed by atoms with Crippen LogP contribution in [0.2, 0.25) is 0 Å². The van der Waals surface area contributed by atoms with E-state index in [-0.39, 0.29) is 0 Å². The molecule has 0 spiro atoms. The van der Waals surface area contributed by atoms with Gasteiger partial charge in [0.1, 0.15) is 6.61 Å². The van der Waals surface area contributed by atoms with Crippen molar-refractivity contribution in [1.29, 1.82) is 0 Å². The second-order valence-corrected chi connectivity index (χ2v) is 5.50. The number of benzene rings is 2. The summed E-state index contributed by atoms with van der Waals surface area (Å²) in [5, 5.41) is 11.4. The minimum atomic E-state index is -1.36. The summed E-state index contributed by atoms with van der Waals surface area (Å²) in [5.74, 6) is -1.86. The first-order valence-corrected chi connectivity index (χ1v) is 7.77. The van der Waals surface area contributed by atoms with Crippen LogP contribution in [-0.4, -0.2) is 54.3 Å². The van der Waals surface area contributed by atoms with E-state index in [9.17, 15) is 14.4 Å². The van der Waals surface area contributed by atoms with Crippen LogP contribution in [0.3, 0.4) is 0 Å². The van der Waals surface area contributed by atoms with E-state index >= 15 is 0 Å². The van der Waals surface area contributed by atoms with Gasteiger partial charge in [-0.1, -0.05) is 42.5 Å². The van der Waals surface area contributed by atoms with Gasteiger partial charge in [-0.15, -0.1) is 0 Å². The van der Waals surface area contributed by atoms with E-state index in [0.717, 1.165) is 16.0 Å². The number of amides is 2. The third kappa shape index (κ3) is 4.10. The highest BCUT2D eigenvalue weighted by Crippen LogP contribution is 2.20. The number of rotatable bonds is 6. The fourth-order valence-corrected chi connectivity index (χ4v) is 2.52. The molecule has 6 heteroatoms. The van der Waals surface area contributed by atoms with Gasteiger partial charge in [0.15, 0.2) is 11.8 Å². The highest BCUT2D eigenvalue weighted by molar-refractivity contribution is 6.10. The molecule has 25 heavy (non-hydrogen) atoms. The maximum Gasteiger partial charge on any atom is 0.254 e. The topological polar surface area (TPSA) is 86.7 Å². The number of carbonyl (C=O) groups is 3. The molecule has 0 fully saturated rings. The van der Waals surface area contributed by atoms with E-state index in [1.165, 1.54) is 14.1 Å². The molecule has 0 heterocycles. The van der Waals surface area contributed by atoms with Gasteiger partial charge in [0.25, 0.3) is 5.91 Å². The van der Waals surface area contributed by atoms with Crippen LogP contribution in [-0.2, 0) is 9.59 Å². The van der Waals surface area contributed by atoms with E-state index in [0.29, 0.717) is 5.56 Å². The zero-order valence-corrected chi connectivity index (χ0v) is 14.1. The Morgan fingerprint density at radius 3 is 2.08 bits per heavy atom. The fraction of sp³-hybridized carbons (Fsp3) is 0.211. The summed E-state index contributed by atoms with van der Waals surface area (Å²) in [6.07, 6.45) is 0. The van der Waals surface area contributed by atoms with Gasteiger partial charge in [0.2, 0.25) is 5.91 Å². The summed E-state index contributed by atoms with van der Waals surface area (Å²) in [6.45, 7) is -0.817. The summed E-state index contributed by atoms with van der Waals surface area (Å²) in [6, 6.07) is 15.2. The number of hydrogen-bond acceptors (Lipinski definition) is 4. The van der Waals surface area contributed by atoms with Crippen LogP contribution in [0.25, 0.3) is 11.1 Å². The lowest BCUT2D eigenvalue weighted by molar-refractivity contribution is -0.135. The van der Waals surface area contributed by atoms with Crippen molar-refractivity contribution in [1.82, 2.24) is 10.2 Å². The molecule has 2 aromatic rings. The van der Waals surface area contributed by atoms with E-state index in [4.69, 9.17) is 5.11 Å². The first-order chi connectivity index (χ1) is 12.0. The minimum absolute atomic E-state index is 0.349. The Labute approximate surface area is 146 Å². The second-order valence-electron chi connectivity index (χ2n) is 5.50. The predicted molar refractivity (Wildman–Crippen MR) is 93.9 cm³/mol. The van der Waals surface area contributed by atoms with Crippen LogP contribution in [0.5, 0.6) is 0 Å². The molecule has 130 valence electrons. The molecule has 0 aliphatic heterocycles. The van der Waals surface area contributed by atoms with Crippen LogP contribution >= 0.6 is 0 Å². The van der Waals surface area contributed by atoms with Gasteiger partial charge in [-0.05, 0) is 23.3 Å². The molecule has 0 saturated heterocycles. The van der Waals surface area contributed by atoms with E-state index in [1.54, 1.807) is 24.3 Å². The van der Waals surface area contributed by atoms with Crippen LogP contribution < -0.4 is 5.32 Å². The van der Waals surface area contributed by atoms with Gasteiger partial charge in [0, 0.05) is 19.7 Å². The van der Waals surface area contributed by atoms with Gasteiger partial charge < -0.3 is 15.3 Å². The quantitative estimate of drug-likeness (QED) is 0.771. The molecule has 0 saturated carbocycles. The highest BCUT2D eigenvalue weighted by Gasteiger charge is 2.32. The van der Waals surface area contributed by atoms with E-state index in [2.05, 4.69) is 5.32 Å². The molecule has 2 aromatic carbocycles. The molecule has 2 amide bonds. The van der Waals surface area contributed by atoms with Crippen LogP contribution in [0.4, 0.5) is 0 Å². The van der Waals surface area contributed by atoms with Gasteiger partial charge in [-0.25, -0.2) is 0 Å². The van der Waals surface area contributed by atoms with Crippen molar-refractivity contribution >= 4 is 17.6 Å². The lowest BCUT2D eigenvalue weighted by atomic mass is 10.0. The number of nitrogens with zero attached hydrogens (tertiary/aromatic N) is 1. The number of ketones is 1. The molecular formula is C19H20N2O4. The van der Waals surface area contributed by atoms with Crippen LogP contribution in [0.1, 0.15) is 10.4 Å². The highest BCUT2D eigenvalue weighted by atomic mass is 16.3. The first-order valence-electron chi connectivity index (χ1n) is 7.77. The van der Waals surface area contributed by atoms with Gasteiger partial charge >= 0.3 is 0 Å². The summed E-state index contributed by atoms with van der Waals surface area (Å²) >= 11 is 0. The molecule has 2 N–H and O–H groups in total. The fourth-order valence-electron chi connectivity index (χ4n) is 2.52. The number of carbonyl (C=O) groups excluding carboxylic acids is 3. The first kappa shape index (κ1) is 18.4. The third-order valence-corrected chi connectivity index (χ3v) is 3.90. The zero-order valence-electron chi connectivity index (χ0n) is 14.1. The maximum atomic E-state index is 12.6. The number of hydrogen-bond donors (Lipinski definition) is 2. The Hall–Kier alpha value is -2.99. The van der Waals surface area contributed by atoms with Crippen molar-refractivity contribution in [3.05, 3.63) is 60.2 Å². The van der Waals surface area contributed by atoms with Crippen molar-refractivity contribution in [3.8, 4) is 11.1 Å². The monoisotopic (exact) mass is 340 g/mol. The van der Waals surface area contributed by atoms with Gasteiger partial charge in [0.05, 0.1) is 0 Å². The minimum Gasteiger partial charge on any atom is -0.388 e. The molecule has 6 nitrogen and oxygen atoms in total. The smallest absolute Gasteiger partial charge is 0.254 e. The van der Waals surface area contributed by atoms with Crippen molar-refractivity contribution in [2.45, 2.75) is 6.04 Å². The number of nitrogens with one attached hydrogen (secondary N) is 1. The van der Waals surface area contributed by atoms with Crippen molar-refractivity contribution in [3.63, 3.8) is 0 Å². The molecule has 1 unspecified atom stereocenters. The molecular weight excluding hydrogens is 320 g/mol. The van der Waals surface area contributed by atoms with Crippen LogP contribution in [0, 0.1) is 0 Å². The maximum absolute atomic E-state index is 12.6. The van der Waals surface area contributed by atoms with Gasteiger partial charge in [-0.3, -0.25) is 14.4 Å². The Morgan fingerprint density at radius 1 is 1.00 bits per heavy atom. The summed E-state index contributed by atoms with van der Waals surface area (Å²) in [5.41, 5.74) is 2.32. The largest absolute Gasteiger partial charge is 0.388 e. The Bertz CT molecular complexity index is 741. The second kappa shape index (κ2) is 8.21. The predicted octanol–water partition coefficient (Wildman–Crippen LogP) is 1.10. The van der Waals surface area contributed by atoms with Crippen LogP contribution in [0.15, 0.2) is 54.6 Å². The summed E-state index contributed by atoms with van der Waals surface area (Å²) in [7, 11) is 2.73.